The highest BCUT2D eigenvalue weighted by molar-refractivity contribution is 7.47. The summed E-state index contributed by atoms with van der Waals surface area (Å²) in [5.41, 5.74) is 0. The van der Waals surface area contributed by atoms with E-state index in [1.807, 2.05) is 33.3 Å². The summed E-state index contributed by atoms with van der Waals surface area (Å²) in [5, 5.41) is 3.02. The van der Waals surface area contributed by atoms with E-state index < -0.39 is 20.0 Å². The van der Waals surface area contributed by atoms with Crippen molar-refractivity contribution >= 4 is 19.7 Å². The normalized spacial score (nSPS) is 14.3. The summed E-state index contributed by atoms with van der Waals surface area (Å²) in [6.45, 7) is 6.91. The molecule has 3 unspecified atom stereocenters. The first-order valence-corrected chi connectivity index (χ1v) is 34.7. The number of unbranched alkanes of at least 4 members (excludes halogenated alkanes) is 27. The summed E-state index contributed by atoms with van der Waals surface area (Å²) in [4.78, 5) is 37.8. The average molecular weight is 1150 g/mol. The number of allylic oxidation sites excluding steroid dienone is 17. The molecule has 0 aliphatic carbocycles. The van der Waals surface area contributed by atoms with Crippen LogP contribution in [0.4, 0.5) is 0 Å². The fraction of sp³-hybridized carbons (Fsp3) is 0.718. The van der Waals surface area contributed by atoms with Crippen molar-refractivity contribution in [3.05, 3.63) is 109 Å². The van der Waals surface area contributed by atoms with Crippen LogP contribution >= 0.6 is 7.82 Å². The Labute approximate surface area is 500 Å². The molecule has 0 bridgehead atoms. The Morgan fingerprint density at radius 1 is 0.432 bits per heavy atom. The summed E-state index contributed by atoms with van der Waals surface area (Å²) in [5.74, 6) is -0.579. The number of hydrogen-bond acceptors (Lipinski definition) is 6. The van der Waals surface area contributed by atoms with Crippen molar-refractivity contribution in [2.24, 2.45) is 0 Å². The first-order valence-electron chi connectivity index (χ1n) is 33.2. The van der Waals surface area contributed by atoms with Gasteiger partial charge in [0.05, 0.1) is 33.8 Å². The van der Waals surface area contributed by atoms with Gasteiger partial charge in [-0.05, 0) is 115 Å². The van der Waals surface area contributed by atoms with Gasteiger partial charge >= 0.3 is 13.8 Å². The third-order valence-electron chi connectivity index (χ3n) is 14.2. The zero-order chi connectivity index (χ0) is 59.3. The monoisotopic (exact) mass is 1150 g/mol. The van der Waals surface area contributed by atoms with Crippen LogP contribution < -0.4 is 5.32 Å². The Kier molecular flexibility index (Phi) is 57.4. The molecule has 9 nitrogen and oxygen atoms in total. The highest BCUT2D eigenvalue weighted by Gasteiger charge is 2.30. The lowest BCUT2D eigenvalue weighted by Gasteiger charge is -2.27. The van der Waals surface area contributed by atoms with Gasteiger partial charge in [0.2, 0.25) is 5.91 Å². The van der Waals surface area contributed by atoms with Crippen LogP contribution in [0.2, 0.25) is 0 Å². The molecule has 10 heteroatoms. The SMILES string of the molecule is CCCCC/C=C\C/C=C\C/C=C\C/C=C\CCCCCCCCCCCC(=O)OC(/C=C\CCCCCCCCCCCCC)C(COP(=O)(O)OCC[N+](C)(C)C)NC(=O)CCC/C=C\C/C=C\C/C=C\C/C=C\CCCCC. The zero-order valence-corrected chi connectivity index (χ0v) is 54.1. The summed E-state index contributed by atoms with van der Waals surface area (Å²) in [6.07, 6.45) is 82.4. The Morgan fingerprint density at radius 2 is 0.765 bits per heavy atom. The number of nitrogens with one attached hydrogen (secondary N) is 1. The van der Waals surface area contributed by atoms with E-state index in [1.165, 1.54) is 141 Å². The van der Waals surface area contributed by atoms with E-state index in [4.69, 9.17) is 13.8 Å². The molecule has 2 N–H and O–H groups in total. The number of phosphoric acid groups is 1. The lowest BCUT2D eigenvalue weighted by atomic mass is 10.0. The lowest BCUT2D eigenvalue weighted by Crippen LogP contribution is -2.47. The molecular formula is C71H126N2O7P+. The number of nitrogens with zero attached hydrogens (tertiary/aromatic N) is 1. The van der Waals surface area contributed by atoms with Gasteiger partial charge in [-0.3, -0.25) is 18.6 Å². The minimum atomic E-state index is -4.47. The molecule has 466 valence electrons. The van der Waals surface area contributed by atoms with Gasteiger partial charge in [-0.1, -0.05) is 259 Å². The number of phosphoric ester groups is 1. The van der Waals surface area contributed by atoms with E-state index in [0.717, 1.165) is 96.3 Å². The zero-order valence-electron chi connectivity index (χ0n) is 53.2. The topological polar surface area (TPSA) is 111 Å². The number of esters is 1. The van der Waals surface area contributed by atoms with E-state index in [1.54, 1.807) is 0 Å². The molecule has 0 aromatic heterocycles. The van der Waals surface area contributed by atoms with Crippen molar-refractivity contribution in [1.29, 1.82) is 0 Å². The number of likely N-dealkylation sites (N-methyl/N-ethyl adjacent to an activating group) is 1. The van der Waals surface area contributed by atoms with Crippen LogP contribution in [0.5, 0.6) is 0 Å². The Morgan fingerprint density at radius 3 is 1.17 bits per heavy atom. The maximum absolute atomic E-state index is 13.5. The van der Waals surface area contributed by atoms with Crippen molar-refractivity contribution in [1.82, 2.24) is 5.32 Å². The second kappa shape index (κ2) is 59.8. The lowest BCUT2D eigenvalue weighted by molar-refractivity contribution is -0.870. The minimum absolute atomic E-state index is 0.0242. The van der Waals surface area contributed by atoms with Crippen LogP contribution in [0.3, 0.4) is 0 Å². The molecule has 0 spiro atoms. The Balaban J connectivity index is 5.26. The van der Waals surface area contributed by atoms with Crippen LogP contribution in [-0.2, 0) is 27.9 Å². The molecule has 0 heterocycles. The van der Waals surface area contributed by atoms with Crippen molar-refractivity contribution < 1.29 is 37.3 Å². The van der Waals surface area contributed by atoms with Gasteiger partial charge in [-0.2, -0.15) is 0 Å². The van der Waals surface area contributed by atoms with Gasteiger partial charge in [-0.15, -0.1) is 0 Å². The molecule has 3 atom stereocenters. The van der Waals surface area contributed by atoms with Crippen LogP contribution in [0, 0.1) is 0 Å². The van der Waals surface area contributed by atoms with Gasteiger partial charge in [-0.25, -0.2) is 4.57 Å². The molecule has 0 fully saturated rings. The highest BCUT2D eigenvalue weighted by atomic mass is 31.2. The van der Waals surface area contributed by atoms with Crippen molar-refractivity contribution in [3.8, 4) is 0 Å². The van der Waals surface area contributed by atoms with Gasteiger partial charge in [0.15, 0.2) is 0 Å². The molecular weight excluding hydrogens is 1020 g/mol. The molecule has 0 aromatic rings. The van der Waals surface area contributed by atoms with E-state index in [-0.39, 0.29) is 37.9 Å². The summed E-state index contributed by atoms with van der Waals surface area (Å²) in [6, 6.07) is -0.887. The van der Waals surface area contributed by atoms with Gasteiger partial charge in [0.25, 0.3) is 0 Å². The van der Waals surface area contributed by atoms with E-state index in [9.17, 15) is 19.0 Å². The number of carbonyl (C=O) groups is 2. The minimum Gasteiger partial charge on any atom is -0.456 e. The second-order valence-electron chi connectivity index (χ2n) is 23.3. The predicted molar refractivity (Wildman–Crippen MR) is 350 cm³/mol. The van der Waals surface area contributed by atoms with E-state index >= 15 is 0 Å². The maximum Gasteiger partial charge on any atom is 0.472 e. The fourth-order valence-electron chi connectivity index (χ4n) is 9.03. The van der Waals surface area contributed by atoms with Crippen molar-refractivity contribution in [2.75, 3.05) is 40.9 Å². The van der Waals surface area contributed by atoms with Crippen LogP contribution in [-0.4, -0.2) is 74.3 Å². The quantitative estimate of drug-likeness (QED) is 0.0205. The molecule has 81 heavy (non-hydrogen) atoms. The van der Waals surface area contributed by atoms with Crippen molar-refractivity contribution in [2.45, 2.75) is 290 Å². The third kappa shape index (κ3) is 61.1. The number of quaternary nitrogens is 1. The standard InChI is InChI=1S/C71H125N2O7P/c1-7-10-13-16-19-22-25-28-30-32-33-34-35-36-37-38-39-41-43-46-49-52-55-58-61-64-71(75)80-69(62-59-56-53-50-47-44-27-24-21-18-15-12-9-3)68(67-79-81(76,77)78-66-65-73(4,5)6)72-70(74)63-60-57-54-51-48-45-42-40-31-29-26-23-20-17-14-11-8-2/h19-20,22-23,28-31,33-34,36-37,42,45,51,54,59,62,68-69H,7-18,21,24-27,32,35,38-41,43-44,46-50,52-53,55-58,60-61,63-67H2,1-6H3,(H-,72,74,76,77)/p+1/b22-19-,23-20-,30-28-,31-29-,34-33-,37-36-,45-42-,54-51-,62-59-. The van der Waals surface area contributed by atoms with Gasteiger partial charge in [0, 0.05) is 12.8 Å². The van der Waals surface area contributed by atoms with Crippen LogP contribution in [0.1, 0.15) is 278 Å². The van der Waals surface area contributed by atoms with Crippen LogP contribution in [0.25, 0.3) is 0 Å². The van der Waals surface area contributed by atoms with Crippen molar-refractivity contribution in [3.63, 3.8) is 0 Å². The van der Waals surface area contributed by atoms with Crippen LogP contribution in [0.15, 0.2) is 109 Å². The second-order valence-corrected chi connectivity index (χ2v) is 24.7. The Hall–Kier alpha value is -3.33. The smallest absolute Gasteiger partial charge is 0.456 e. The number of hydrogen-bond donors (Lipinski definition) is 2. The number of ether oxygens (including phenoxy) is 1. The molecule has 0 rings (SSSR count). The third-order valence-corrected chi connectivity index (χ3v) is 15.2. The number of rotatable bonds is 59. The average Bonchev–Trinajstić information content (AvgIpc) is 3.44. The molecule has 0 saturated heterocycles. The summed E-state index contributed by atoms with van der Waals surface area (Å²) < 4.78 is 30.7. The number of amides is 1. The first-order chi connectivity index (χ1) is 39.4. The summed E-state index contributed by atoms with van der Waals surface area (Å²) >= 11 is 0. The molecule has 0 radical (unpaired) electrons. The molecule has 1 amide bonds. The predicted octanol–water partition coefficient (Wildman–Crippen LogP) is 20.9. The van der Waals surface area contributed by atoms with Gasteiger partial charge in [0.1, 0.15) is 19.3 Å². The largest absolute Gasteiger partial charge is 0.472 e. The van der Waals surface area contributed by atoms with E-state index in [2.05, 4.69) is 123 Å². The molecule has 0 aromatic carbocycles. The van der Waals surface area contributed by atoms with Gasteiger partial charge < -0.3 is 19.4 Å². The number of carbonyl (C=O) groups excluding carboxylic acids is 2. The Bertz CT molecular complexity index is 1750. The summed E-state index contributed by atoms with van der Waals surface area (Å²) in [7, 11) is 1.45. The maximum atomic E-state index is 13.5. The van der Waals surface area contributed by atoms with E-state index in [0.29, 0.717) is 17.4 Å². The molecule has 0 aliphatic heterocycles. The highest BCUT2D eigenvalue weighted by Crippen LogP contribution is 2.43. The molecule has 0 saturated carbocycles. The molecule has 0 aliphatic rings. The fourth-order valence-corrected chi connectivity index (χ4v) is 9.77. The first kappa shape index (κ1) is 77.7.